The van der Waals surface area contributed by atoms with Crippen LogP contribution in [-0.2, 0) is 9.59 Å². The molecule has 1 aliphatic carbocycles. The molecule has 2 heteroatoms. The first kappa shape index (κ1) is 12.2. The Morgan fingerprint density at radius 3 is 2.73 bits per heavy atom. The number of hydrogen-bond donors (Lipinski definition) is 0. The van der Waals surface area contributed by atoms with Gasteiger partial charge in [0.25, 0.3) is 0 Å². The average molecular weight is 208 g/mol. The maximum atomic E-state index is 11.4. The number of hydrogen-bond acceptors (Lipinski definition) is 2. The molecule has 0 aromatic rings. The van der Waals surface area contributed by atoms with E-state index in [9.17, 15) is 9.59 Å². The van der Waals surface area contributed by atoms with Gasteiger partial charge in [0, 0.05) is 6.42 Å². The van der Waals surface area contributed by atoms with Gasteiger partial charge in [-0.25, -0.2) is 0 Å². The molecule has 0 aliphatic heterocycles. The van der Waals surface area contributed by atoms with Crippen LogP contribution in [0.25, 0.3) is 0 Å². The molecular weight excluding hydrogens is 188 g/mol. The van der Waals surface area contributed by atoms with Crippen molar-refractivity contribution in [2.75, 3.05) is 0 Å². The number of allylic oxidation sites excluding steroid dienone is 2. The quantitative estimate of drug-likeness (QED) is 0.525. The molecule has 0 saturated heterocycles. The summed E-state index contributed by atoms with van der Waals surface area (Å²) in [6.45, 7) is 4.15. The third-order valence-corrected chi connectivity index (χ3v) is 3.03. The van der Waals surface area contributed by atoms with Crippen molar-refractivity contribution in [2.45, 2.75) is 52.4 Å². The van der Waals surface area contributed by atoms with Crippen LogP contribution in [0.4, 0.5) is 0 Å². The molecule has 0 aromatic heterocycles. The van der Waals surface area contributed by atoms with Crippen LogP contribution >= 0.6 is 0 Å². The summed E-state index contributed by atoms with van der Waals surface area (Å²) in [6, 6.07) is 0. The maximum Gasteiger partial charge on any atom is 0.162 e. The molecule has 0 radical (unpaired) electrons. The second-order valence-corrected chi connectivity index (χ2v) is 4.47. The van der Waals surface area contributed by atoms with E-state index in [2.05, 4.69) is 6.92 Å². The van der Waals surface area contributed by atoms with E-state index in [1.54, 1.807) is 6.08 Å². The summed E-state index contributed by atoms with van der Waals surface area (Å²) in [4.78, 5) is 22.7. The Morgan fingerprint density at radius 1 is 1.33 bits per heavy atom. The molecule has 0 aromatic carbocycles. The fraction of sp³-hybridized carbons (Fsp3) is 0.692. The van der Waals surface area contributed by atoms with E-state index in [0.29, 0.717) is 12.3 Å². The smallest absolute Gasteiger partial charge is 0.162 e. The molecule has 0 N–H and O–H groups in total. The number of carbonyl (C=O) groups is 2. The SMILES string of the molecule is CCCCCC1CC(=O)CC(=O)C=C1C. The third kappa shape index (κ3) is 3.98. The lowest BCUT2D eigenvalue weighted by Gasteiger charge is -2.14. The minimum absolute atomic E-state index is 0.0181. The largest absolute Gasteiger partial charge is 0.299 e. The average Bonchev–Trinajstić information content (AvgIpc) is 2.26. The van der Waals surface area contributed by atoms with Gasteiger partial charge in [0.15, 0.2) is 5.78 Å². The van der Waals surface area contributed by atoms with E-state index >= 15 is 0 Å². The summed E-state index contributed by atoms with van der Waals surface area (Å²) in [6.07, 6.45) is 6.97. The monoisotopic (exact) mass is 208 g/mol. The molecule has 1 aliphatic rings. The van der Waals surface area contributed by atoms with E-state index in [1.807, 2.05) is 6.92 Å². The Morgan fingerprint density at radius 2 is 2.07 bits per heavy atom. The number of Topliss-reactive ketones (excluding diaryl/α,β-unsaturated/α-hetero) is 1. The van der Waals surface area contributed by atoms with Gasteiger partial charge >= 0.3 is 0 Å². The Hall–Kier alpha value is -0.920. The van der Waals surface area contributed by atoms with Gasteiger partial charge < -0.3 is 0 Å². The summed E-state index contributed by atoms with van der Waals surface area (Å²) >= 11 is 0. The van der Waals surface area contributed by atoms with Gasteiger partial charge in [-0.15, -0.1) is 0 Å². The number of ketones is 2. The summed E-state index contributed by atoms with van der Waals surface area (Å²) in [5.41, 5.74) is 1.10. The Labute approximate surface area is 91.7 Å². The van der Waals surface area contributed by atoms with E-state index < -0.39 is 0 Å². The zero-order valence-electron chi connectivity index (χ0n) is 9.71. The van der Waals surface area contributed by atoms with Gasteiger partial charge in [0.05, 0.1) is 6.42 Å². The lowest BCUT2D eigenvalue weighted by atomic mass is 9.90. The number of rotatable bonds is 4. The molecule has 15 heavy (non-hydrogen) atoms. The summed E-state index contributed by atoms with van der Waals surface area (Å²) in [5.74, 6) is 0.403. The minimum Gasteiger partial charge on any atom is -0.299 e. The van der Waals surface area contributed by atoms with Crippen molar-refractivity contribution in [1.29, 1.82) is 0 Å². The van der Waals surface area contributed by atoms with Crippen molar-refractivity contribution in [3.8, 4) is 0 Å². The van der Waals surface area contributed by atoms with Crippen LogP contribution < -0.4 is 0 Å². The Kier molecular flexibility index (Phi) is 4.73. The molecule has 0 amide bonds. The van der Waals surface area contributed by atoms with Gasteiger partial charge in [0.2, 0.25) is 0 Å². The summed E-state index contributed by atoms with van der Waals surface area (Å²) in [7, 11) is 0. The molecule has 0 bridgehead atoms. The first-order valence-electron chi connectivity index (χ1n) is 5.86. The molecule has 0 saturated carbocycles. The molecule has 1 atom stereocenters. The highest BCUT2D eigenvalue weighted by molar-refractivity contribution is 6.05. The van der Waals surface area contributed by atoms with E-state index in [1.165, 1.54) is 12.8 Å². The standard InChI is InChI=1S/C13H20O2/c1-3-4-5-6-11-8-13(15)9-12(14)7-10(11)2/h7,11H,3-6,8-9H2,1-2H3. The topological polar surface area (TPSA) is 34.1 Å². The highest BCUT2D eigenvalue weighted by Crippen LogP contribution is 2.25. The van der Waals surface area contributed by atoms with E-state index in [0.717, 1.165) is 18.4 Å². The second kappa shape index (κ2) is 5.84. The summed E-state index contributed by atoms with van der Waals surface area (Å²) < 4.78 is 0. The zero-order valence-corrected chi connectivity index (χ0v) is 9.71. The van der Waals surface area contributed by atoms with Crippen molar-refractivity contribution >= 4 is 11.6 Å². The van der Waals surface area contributed by atoms with Crippen molar-refractivity contribution in [3.63, 3.8) is 0 Å². The van der Waals surface area contributed by atoms with Crippen LogP contribution in [0.2, 0.25) is 0 Å². The first-order chi connectivity index (χ1) is 7.13. The zero-order chi connectivity index (χ0) is 11.3. The predicted octanol–water partition coefficient (Wildman–Crippen LogP) is 3.06. The normalized spacial score (nSPS) is 22.5. The van der Waals surface area contributed by atoms with Crippen molar-refractivity contribution < 1.29 is 9.59 Å². The van der Waals surface area contributed by atoms with Gasteiger partial charge in [-0.3, -0.25) is 9.59 Å². The predicted molar refractivity (Wildman–Crippen MR) is 60.6 cm³/mol. The molecule has 84 valence electrons. The maximum absolute atomic E-state index is 11.4. The minimum atomic E-state index is -0.0181. The Bertz CT molecular complexity index is 276. The summed E-state index contributed by atoms with van der Waals surface area (Å²) in [5, 5.41) is 0. The second-order valence-electron chi connectivity index (χ2n) is 4.47. The fourth-order valence-electron chi connectivity index (χ4n) is 2.10. The van der Waals surface area contributed by atoms with E-state index in [4.69, 9.17) is 0 Å². The molecular formula is C13H20O2. The first-order valence-corrected chi connectivity index (χ1v) is 5.86. The molecule has 1 rings (SSSR count). The fourth-order valence-corrected chi connectivity index (χ4v) is 2.10. The Balaban J connectivity index is 2.56. The van der Waals surface area contributed by atoms with Crippen molar-refractivity contribution in [3.05, 3.63) is 11.6 Å². The van der Waals surface area contributed by atoms with Gasteiger partial charge in [-0.1, -0.05) is 31.8 Å². The molecule has 0 spiro atoms. The van der Waals surface area contributed by atoms with Crippen LogP contribution in [0, 0.1) is 5.92 Å². The number of unbranched alkanes of at least 4 members (excludes halogenated alkanes) is 2. The van der Waals surface area contributed by atoms with Gasteiger partial charge in [-0.05, 0) is 25.3 Å². The van der Waals surface area contributed by atoms with Crippen molar-refractivity contribution in [1.82, 2.24) is 0 Å². The van der Waals surface area contributed by atoms with Crippen LogP contribution in [0.1, 0.15) is 52.4 Å². The molecule has 0 heterocycles. The van der Waals surface area contributed by atoms with Gasteiger partial charge in [-0.2, -0.15) is 0 Å². The van der Waals surface area contributed by atoms with Crippen LogP contribution in [0.5, 0.6) is 0 Å². The van der Waals surface area contributed by atoms with E-state index in [-0.39, 0.29) is 18.0 Å². The van der Waals surface area contributed by atoms with Crippen LogP contribution in [-0.4, -0.2) is 11.6 Å². The lowest BCUT2D eigenvalue weighted by molar-refractivity contribution is -0.124. The van der Waals surface area contributed by atoms with Crippen LogP contribution in [0.3, 0.4) is 0 Å². The molecule has 1 unspecified atom stereocenters. The lowest BCUT2D eigenvalue weighted by Crippen LogP contribution is -2.08. The van der Waals surface area contributed by atoms with Crippen molar-refractivity contribution in [2.24, 2.45) is 5.92 Å². The molecule has 2 nitrogen and oxygen atoms in total. The third-order valence-electron chi connectivity index (χ3n) is 3.03. The molecule has 0 fully saturated rings. The highest BCUT2D eigenvalue weighted by Gasteiger charge is 2.21. The van der Waals surface area contributed by atoms with Gasteiger partial charge in [0.1, 0.15) is 5.78 Å². The number of carbonyl (C=O) groups excluding carboxylic acids is 2. The van der Waals surface area contributed by atoms with Crippen LogP contribution in [0.15, 0.2) is 11.6 Å². The highest BCUT2D eigenvalue weighted by atomic mass is 16.1.